The minimum absolute atomic E-state index is 0.134. The Morgan fingerprint density at radius 2 is 1.62 bits per heavy atom. The number of hydrogen-bond donors (Lipinski definition) is 2. The van der Waals surface area contributed by atoms with E-state index in [-0.39, 0.29) is 16.2 Å². The second kappa shape index (κ2) is 7.60. The fourth-order valence-electron chi connectivity index (χ4n) is 3.65. The largest absolute Gasteiger partial charge is 0.326 e. The van der Waals surface area contributed by atoms with Gasteiger partial charge in [-0.15, -0.1) is 0 Å². The number of rotatable bonds is 6. The van der Waals surface area contributed by atoms with E-state index in [1.54, 1.807) is 12.1 Å². The van der Waals surface area contributed by atoms with Gasteiger partial charge in [-0.05, 0) is 42.7 Å². The minimum Gasteiger partial charge on any atom is -0.326 e. The summed E-state index contributed by atoms with van der Waals surface area (Å²) in [6, 6.07) is 16.4. The average Bonchev–Trinajstić information content (AvgIpc) is 3.11. The van der Waals surface area contributed by atoms with Crippen LogP contribution in [0.3, 0.4) is 0 Å². The standard InChI is InChI=1S/C20H24N2O3S/c1-16(23)22-18-9-11-19(12-10-18)26(24,25)21-15-20(13-5-6-14-20)17-7-3-2-4-8-17/h2-4,7-12,21H,5-6,13-15H2,1H3,(H,22,23). The molecule has 5 nitrogen and oxygen atoms in total. The van der Waals surface area contributed by atoms with Crippen molar-refractivity contribution < 1.29 is 13.2 Å². The maximum absolute atomic E-state index is 12.7. The molecule has 1 aliphatic carbocycles. The van der Waals surface area contributed by atoms with E-state index in [0.29, 0.717) is 12.2 Å². The van der Waals surface area contributed by atoms with Crippen molar-refractivity contribution in [3.8, 4) is 0 Å². The molecule has 0 heterocycles. The van der Waals surface area contributed by atoms with Crippen molar-refractivity contribution in [1.29, 1.82) is 0 Å². The lowest BCUT2D eigenvalue weighted by Gasteiger charge is -2.30. The topological polar surface area (TPSA) is 75.3 Å². The van der Waals surface area contributed by atoms with Crippen LogP contribution in [0.1, 0.15) is 38.2 Å². The molecule has 0 radical (unpaired) electrons. The van der Waals surface area contributed by atoms with Gasteiger partial charge in [0.05, 0.1) is 4.90 Å². The van der Waals surface area contributed by atoms with Crippen molar-refractivity contribution >= 4 is 21.6 Å². The van der Waals surface area contributed by atoms with Crippen LogP contribution in [0.25, 0.3) is 0 Å². The quantitative estimate of drug-likeness (QED) is 0.816. The molecule has 0 aromatic heterocycles. The molecular weight excluding hydrogens is 348 g/mol. The molecular formula is C20H24N2O3S. The van der Waals surface area contributed by atoms with Crippen LogP contribution in [0.2, 0.25) is 0 Å². The van der Waals surface area contributed by atoms with Gasteiger partial charge in [0.1, 0.15) is 0 Å². The molecule has 0 saturated heterocycles. The van der Waals surface area contributed by atoms with Crippen LogP contribution in [0, 0.1) is 0 Å². The van der Waals surface area contributed by atoms with E-state index in [4.69, 9.17) is 0 Å². The Labute approximate surface area is 154 Å². The van der Waals surface area contributed by atoms with Crippen LogP contribution in [0.5, 0.6) is 0 Å². The smallest absolute Gasteiger partial charge is 0.240 e. The molecule has 0 spiro atoms. The zero-order valence-electron chi connectivity index (χ0n) is 14.9. The van der Waals surface area contributed by atoms with Crippen LogP contribution in [-0.4, -0.2) is 20.9 Å². The number of carbonyl (C=O) groups is 1. The molecule has 6 heteroatoms. The molecule has 0 aliphatic heterocycles. The fraction of sp³-hybridized carbons (Fsp3) is 0.350. The van der Waals surface area contributed by atoms with Gasteiger partial charge in [0.25, 0.3) is 0 Å². The van der Waals surface area contributed by atoms with Crippen molar-refractivity contribution in [3.63, 3.8) is 0 Å². The summed E-state index contributed by atoms with van der Waals surface area (Å²) >= 11 is 0. The Kier molecular flexibility index (Phi) is 5.44. The molecule has 1 amide bonds. The average molecular weight is 372 g/mol. The Hall–Kier alpha value is -2.18. The number of sulfonamides is 1. The number of amides is 1. The summed E-state index contributed by atoms with van der Waals surface area (Å²) in [7, 11) is -3.60. The van der Waals surface area contributed by atoms with Gasteiger partial charge in [-0.25, -0.2) is 13.1 Å². The van der Waals surface area contributed by atoms with Gasteiger partial charge in [-0.2, -0.15) is 0 Å². The van der Waals surface area contributed by atoms with E-state index >= 15 is 0 Å². The van der Waals surface area contributed by atoms with Gasteiger partial charge < -0.3 is 5.32 Å². The summed E-state index contributed by atoms with van der Waals surface area (Å²) in [6.07, 6.45) is 4.20. The molecule has 2 aromatic carbocycles. The Bertz CT molecular complexity index is 856. The number of hydrogen-bond acceptors (Lipinski definition) is 3. The van der Waals surface area contributed by atoms with Crippen molar-refractivity contribution in [2.24, 2.45) is 0 Å². The summed E-state index contributed by atoms with van der Waals surface area (Å²) < 4.78 is 28.2. The van der Waals surface area contributed by atoms with Gasteiger partial charge in [0, 0.05) is 24.6 Å². The molecule has 1 saturated carbocycles. The lowest BCUT2D eigenvalue weighted by atomic mass is 9.79. The first kappa shape index (κ1) is 18.6. The van der Waals surface area contributed by atoms with Gasteiger partial charge in [-0.1, -0.05) is 43.2 Å². The van der Waals surface area contributed by atoms with Gasteiger partial charge in [0.2, 0.25) is 15.9 Å². The highest BCUT2D eigenvalue weighted by molar-refractivity contribution is 7.89. The summed E-state index contributed by atoms with van der Waals surface area (Å²) in [5.74, 6) is -0.190. The third kappa shape index (κ3) is 4.14. The van der Waals surface area contributed by atoms with Crippen molar-refractivity contribution in [2.75, 3.05) is 11.9 Å². The summed E-state index contributed by atoms with van der Waals surface area (Å²) in [4.78, 5) is 11.3. The number of anilines is 1. The number of nitrogens with one attached hydrogen (secondary N) is 2. The van der Waals surface area contributed by atoms with E-state index in [2.05, 4.69) is 22.2 Å². The van der Waals surface area contributed by atoms with E-state index < -0.39 is 10.0 Å². The molecule has 138 valence electrons. The monoisotopic (exact) mass is 372 g/mol. The summed E-state index contributed by atoms with van der Waals surface area (Å²) in [5, 5.41) is 2.63. The van der Waals surface area contributed by atoms with Crippen LogP contribution < -0.4 is 10.0 Å². The van der Waals surface area contributed by atoms with Gasteiger partial charge in [-0.3, -0.25) is 4.79 Å². The van der Waals surface area contributed by atoms with Crippen molar-refractivity contribution in [1.82, 2.24) is 4.72 Å². The first-order valence-corrected chi connectivity index (χ1v) is 10.3. The predicted octanol–water partition coefficient (Wildman–Crippen LogP) is 3.44. The lowest BCUT2D eigenvalue weighted by Crippen LogP contribution is -2.39. The minimum atomic E-state index is -3.60. The van der Waals surface area contributed by atoms with Crippen molar-refractivity contribution in [3.05, 3.63) is 60.2 Å². The van der Waals surface area contributed by atoms with E-state index in [1.807, 2.05) is 18.2 Å². The second-order valence-corrected chi connectivity index (χ2v) is 8.65. The first-order chi connectivity index (χ1) is 12.4. The zero-order valence-corrected chi connectivity index (χ0v) is 15.7. The Balaban J connectivity index is 1.75. The first-order valence-electron chi connectivity index (χ1n) is 8.84. The van der Waals surface area contributed by atoms with E-state index in [1.165, 1.54) is 24.6 Å². The fourth-order valence-corrected chi connectivity index (χ4v) is 4.78. The van der Waals surface area contributed by atoms with E-state index in [9.17, 15) is 13.2 Å². The normalized spacial score (nSPS) is 16.3. The molecule has 26 heavy (non-hydrogen) atoms. The molecule has 0 bridgehead atoms. The molecule has 2 N–H and O–H groups in total. The number of benzene rings is 2. The molecule has 3 rings (SSSR count). The summed E-state index contributed by atoms with van der Waals surface area (Å²) in [5.41, 5.74) is 1.64. The van der Waals surface area contributed by atoms with Crippen LogP contribution in [0.15, 0.2) is 59.5 Å². The molecule has 2 aromatic rings. The Morgan fingerprint density at radius 3 is 2.19 bits per heavy atom. The maximum Gasteiger partial charge on any atom is 0.240 e. The highest BCUT2D eigenvalue weighted by atomic mass is 32.2. The predicted molar refractivity (Wildman–Crippen MR) is 103 cm³/mol. The molecule has 0 atom stereocenters. The summed E-state index contributed by atoms with van der Waals surface area (Å²) in [6.45, 7) is 1.81. The highest BCUT2D eigenvalue weighted by Gasteiger charge is 2.36. The number of carbonyl (C=O) groups excluding carboxylic acids is 1. The highest BCUT2D eigenvalue weighted by Crippen LogP contribution is 2.40. The molecule has 1 fully saturated rings. The van der Waals surface area contributed by atoms with Crippen LogP contribution >= 0.6 is 0 Å². The third-order valence-corrected chi connectivity index (χ3v) is 6.45. The molecule has 0 unspecified atom stereocenters. The van der Waals surface area contributed by atoms with Crippen LogP contribution in [-0.2, 0) is 20.2 Å². The second-order valence-electron chi connectivity index (χ2n) is 6.88. The van der Waals surface area contributed by atoms with Crippen molar-refractivity contribution in [2.45, 2.75) is 42.9 Å². The zero-order chi connectivity index (χ0) is 18.6. The lowest BCUT2D eigenvalue weighted by molar-refractivity contribution is -0.114. The van der Waals surface area contributed by atoms with E-state index in [0.717, 1.165) is 25.7 Å². The molecule has 1 aliphatic rings. The third-order valence-electron chi connectivity index (χ3n) is 5.03. The van der Waals surface area contributed by atoms with Gasteiger partial charge >= 0.3 is 0 Å². The Morgan fingerprint density at radius 1 is 1.00 bits per heavy atom. The van der Waals surface area contributed by atoms with Gasteiger partial charge in [0.15, 0.2) is 0 Å². The van der Waals surface area contributed by atoms with Crippen LogP contribution in [0.4, 0.5) is 5.69 Å². The maximum atomic E-state index is 12.7. The SMILES string of the molecule is CC(=O)Nc1ccc(S(=O)(=O)NCC2(c3ccccc3)CCCC2)cc1.